The van der Waals surface area contributed by atoms with E-state index in [0.717, 1.165) is 12.1 Å². The molecule has 0 radical (unpaired) electrons. The molecule has 142 valence electrons. The Morgan fingerprint density at radius 3 is 2.30 bits per heavy atom. The van der Waals surface area contributed by atoms with E-state index in [1.807, 2.05) is 0 Å². The minimum absolute atomic E-state index is 0.149. The van der Waals surface area contributed by atoms with E-state index < -0.39 is 28.9 Å². The number of thiol groups is 1. The third-order valence-corrected chi connectivity index (χ3v) is 4.92. The fourth-order valence-corrected chi connectivity index (χ4v) is 3.28. The lowest BCUT2D eigenvalue weighted by Crippen LogP contribution is -2.46. The topological polar surface area (TPSA) is 49.4 Å². The summed E-state index contributed by atoms with van der Waals surface area (Å²) >= 11 is 4.26. The molecule has 1 fully saturated rings. The van der Waals surface area contributed by atoms with Crippen molar-refractivity contribution in [1.29, 1.82) is 0 Å². The van der Waals surface area contributed by atoms with Crippen molar-refractivity contribution in [3.63, 3.8) is 0 Å². The average molecular weight is 394 g/mol. The smallest absolute Gasteiger partial charge is 0.256 e. The van der Waals surface area contributed by atoms with Gasteiger partial charge in [-0.3, -0.25) is 9.59 Å². The molecule has 2 amide bonds. The van der Waals surface area contributed by atoms with Crippen LogP contribution in [-0.4, -0.2) is 35.8 Å². The molecule has 2 aromatic carbocycles. The van der Waals surface area contributed by atoms with E-state index in [-0.39, 0.29) is 25.0 Å². The minimum atomic E-state index is -1.66. The van der Waals surface area contributed by atoms with Crippen molar-refractivity contribution >= 4 is 24.4 Å². The Balaban J connectivity index is 1.61. The largest absolute Gasteiger partial charge is 0.349 e. The summed E-state index contributed by atoms with van der Waals surface area (Å²) in [6.07, 6.45) is 0.940. The molecule has 8 heteroatoms. The highest BCUT2D eigenvalue weighted by Gasteiger charge is 2.28. The molecule has 1 aliphatic rings. The lowest BCUT2D eigenvalue weighted by molar-refractivity contribution is 0.0692. The minimum Gasteiger partial charge on any atom is -0.349 e. The number of amides is 2. The van der Waals surface area contributed by atoms with Gasteiger partial charge >= 0.3 is 0 Å². The van der Waals surface area contributed by atoms with Crippen molar-refractivity contribution in [2.75, 3.05) is 13.1 Å². The first-order valence-electron chi connectivity index (χ1n) is 8.40. The van der Waals surface area contributed by atoms with Crippen LogP contribution in [-0.2, 0) is 0 Å². The molecular weight excluding hydrogens is 377 g/mol. The number of likely N-dealkylation sites (tertiary alicyclic amines) is 1. The highest BCUT2D eigenvalue weighted by atomic mass is 32.1. The molecular formula is C19H17F3N2O2S. The molecule has 0 bridgehead atoms. The number of nitrogens with one attached hydrogen (secondary N) is 1. The van der Waals surface area contributed by atoms with Crippen LogP contribution in [0.3, 0.4) is 0 Å². The van der Waals surface area contributed by atoms with E-state index in [1.54, 1.807) is 24.3 Å². The zero-order chi connectivity index (χ0) is 19.6. The fraction of sp³-hybridized carbons (Fsp3) is 0.263. The van der Waals surface area contributed by atoms with E-state index in [1.165, 1.54) is 4.90 Å². The quantitative estimate of drug-likeness (QED) is 0.619. The summed E-state index contributed by atoms with van der Waals surface area (Å²) < 4.78 is 40.2. The maximum Gasteiger partial charge on any atom is 0.256 e. The van der Waals surface area contributed by atoms with Crippen LogP contribution < -0.4 is 5.32 Å². The normalized spacial score (nSPS) is 14.9. The van der Waals surface area contributed by atoms with Crippen molar-refractivity contribution in [1.82, 2.24) is 10.2 Å². The van der Waals surface area contributed by atoms with Gasteiger partial charge in [0.15, 0.2) is 17.5 Å². The van der Waals surface area contributed by atoms with Crippen LogP contribution in [0.1, 0.15) is 33.6 Å². The molecule has 0 unspecified atom stereocenters. The lowest BCUT2D eigenvalue weighted by Gasteiger charge is -2.32. The number of halogens is 3. The Hall–Kier alpha value is -2.48. The number of benzene rings is 2. The fourth-order valence-electron chi connectivity index (χ4n) is 3.02. The van der Waals surface area contributed by atoms with Crippen LogP contribution in [0.15, 0.2) is 41.3 Å². The Bertz CT molecular complexity index is 883. The van der Waals surface area contributed by atoms with Crippen molar-refractivity contribution in [2.24, 2.45) is 0 Å². The van der Waals surface area contributed by atoms with Gasteiger partial charge in [-0.1, -0.05) is 12.1 Å². The highest BCUT2D eigenvalue weighted by Crippen LogP contribution is 2.20. The number of rotatable bonds is 3. The SMILES string of the molecule is O=C(NC1CCN(C(=O)c2ccc(F)c(F)c2F)CC1)c1ccccc1S. The molecule has 0 aliphatic carbocycles. The molecule has 1 N–H and O–H groups in total. The molecule has 0 spiro atoms. The number of hydrogen-bond acceptors (Lipinski definition) is 3. The molecule has 27 heavy (non-hydrogen) atoms. The van der Waals surface area contributed by atoms with Crippen LogP contribution >= 0.6 is 12.6 Å². The molecule has 0 atom stereocenters. The molecule has 1 saturated heterocycles. The number of carbonyl (C=O) groups excluding carboxylic acids is 2. The zero-order valence-corrected chi connectivity index (χ0v) is 15.1. The summed E-state index contributed by atoms with van der Waals surface area (Å²) in [5.74, 6) is -5.43. The van der Waals surface area contributed by atoms with Crippen LogP contribution in [0.25, 0.3) is 0 Å². The van der Waals surface area contributed by atoms with Gasteiger partial charge in [-0.2, -0.15) is 0 Å². The predicted octanol–water partition coefficient (Wildman–Crippen LogP) is 3.43. The van der Waals surface area contributed by atoms with Crippen molar-refractivity contribution in [3.8, 4) is 0 Å². The van der Waals surface area contributed by atoms with Gasteiger partial charge in [-0.05, 0) is 37.1 Å². The van der Waals surface area contributed by atoms with Gasteiger partial charge in [0.05, 0.1) is 11.1 Å². The second-order valence-corrected chi connectivity index (χ2v) is 6.76. The van der Waals surface area contributed by atoms with Gasteiger partial charge < -0.3 is 10.2 Å². The predicted molar refractivity (Wildman–Crippen MR) is 96.4 cm³/mol. The second kappa shape index (κ2) is 8.04. The van der Waals surface area contributed by atoms with Crippen LogP contribution in [0, 0.1) is 17.5 Å². The van der Waals surface area contributed by atoms with Crippen LogP contribution in [0.4, 0.5) is 13.2 Å². The lowest BCUT2D eigenvalue weighted by atomic mass is 10.0. The average Bonchev–Trinajstić information content (AvgIpc) is 2.66. The summed E-state index contributed by atoms with van der Waals surface area (Å²) in [5.41, 5.74) is -0.0383. The monoisotopic (exact) mass is 394 g/mol. The van der Waals surface area contributed by atoms with Gasteiger partial charge in [0.1, 0.15) is 0 Å². The third kappa shape index (κ3) is 4.10. The van der Waals surface area contributed by atoms with Crippen LogP contribution in [0.2, 0.25) is 0 Å². The van der Waals surface area contributed by atoms with Crippen molar-refractivity contribution in [2.45, 2.75) is 23.8 Å². The Labute approximate surface area is 159 Å². The highest BCUT2D eigenvalue weighted by molar-refractivity contribution is 7.80. The molecule has 4 nitrogen and oxygen atoms in total. The maximum absolute atomic E-state index is 13.8. The first-order chi connectivity index (χ1) is 12.9. The van der Waals surface area contributed by atoms with Crippen molar-refractivity contribution in [3.05, 3.63) is 65.0 Å². The van der Waals surface area contributed by atoms with Gasteiger partial charge in [0.2, 0.25) is 0 Å². The standard InChI is InChI=1S/C19H17F3N2O2S/c20-14-6-5-13(16(21)17(14)22)19(26)24-9-7-11(8-10-24)23-18(25)12-3-1-2-4-15(12)27/h1-6,11,27H,7-10H2,(H,23,25). The zero-order valence-electron chi connectivity index (χ0n) is 14.2. The molecule has 0 saturated carbocycles. The van der Waals surface area contributed by atoms with Gasteiger partial charge in [-0.25, -0.2) is 13.2 Å². The van der Waals surface area contributed by atoms with E-state index >= 15 is 0 Å². The molecule has 1 heterocycles. The summed E-state index contributed by atoms with van der Waals surface area (Å²) in [7, 11) is 0. The number of hydrogen-bond donors (Lipinski definition) is 2. The van der Waals surface area contributed by atoms with Crippen molar-refractivity contribution < 1.29 is 22.8 Å². The summed E-state index contributed by atoms with van der Waals surface area (Å²) in [6, 6.07) is 8.43. The second-order valence-electron chi connectivity index (χ2n) is 6.28. The van der Waals surface area contributed by atoms with Gasteiger partial charge in [0, 0.05) is 24.0 Å². The molecule has 3 rings (SSSR count). The van der Waals surface area contributed by atoms with E-state index in [0.29, 0.717) is 23.3 Å². The summed E-state index contributed by atoms with van der Waals surface area (Å²) in [6.45, 7) is 0.537. The van der Waals surface area contributed by atoms with Gasteiger partial charge in [-0.15, -0.1) is 12.6 Å². The van der Waals surface area contributed by atoms with E-state index in [9.17, 15) is 22.8 Å². The first kappa shape index (κ1) is 19.3. The van der Waals surface area contributed by atoms with E-state index in [4.69, 9.17) is 0 Å². The molecule has 2 aromatic rings. The Kier molecular flexibility index (Phi) is 5.74. The Morgan fingerprint density at radius 1 is 0.963 bits per heavy atom. The maximum atomic E-state index is 13.8. The number of nitrogens with zero attached hydrogens (tertiary/aromatic N) is 1. The molecule has 0 aromatic heterocycles. The third-order valence-electron chi connectivity index (χ3n) is 4.53. The Morgan fingerprint density at radius 2 is 1.63 bits per heavy atom. The summed E-state index contributed by atoms with van der Waals surface area (Å²) in [5, 5.41) is 2.89. The number of piperidine rings is 1. The van der Waals surface area contributed by atoms with Gasteiger partial charge in [0.25, 0.3) is 11.8 Å². The summed E-state index contributed by atoms with van der Waals surface area (Å²) in [4.78, 5) is 26.6. The van der Waals surface area contributed by atoms with E-state index in [2.05, 4.69) is 17.9 Å². The first-order valence-corrected chi connectivity index (χ1v) is 8.85. The molecule has 1 aliphatic heterocycles. The van der Waals surface area contributed by atoms with Crippen LogP contribution in [0.5, 0.6) is 0 Å². The number of carbonyl (C=O) groups is 2.